The number of nitrogens with zero attached hydrogens (tertiary/aromatic N) is 3. The standard InChI is InChI=1S/C17H21FN4.ClH/c18-16-6-4-14(5-7-16)15-8-9-19-17(13-15)3-1-2-11-22-12-10-20-21-22;/h4-8,10,12,17,19H,1-3,9,11,13H2;1H. The van der Waals surface area contributed by atoms with Gasteiger partial charge in [-0.2, -0.15) is 0 Å². The first-order chi connectivity index (χ1) is 10.8. The predicted octanol–water partition coefficient (Wildman–Crippen LogP) is 3.45. The van der Waals surface area contributed by atoms with E-state index in [2.05, 4.69) is 21.7 Å². The van der Waals surface area contributed by atoms with E-state index in [0.29, 0.717) is 6.04 Å². The fraction of sp³-hybridized carbons (Fsp3) is 0.412. The third-order valence-electron chi connectivity index (χ3n) is 4.10. The van der Waals surface area contributed by atoms with Gasteiger partial charge in [-0.25, -0.2) is 4.39 Å². The number of benzene rings is 1. The van der Waals surface area contributed by atoms with Crippen molar-refractivity contribution in [2.75, 3.05) is 6.54 Å². The Morgan fingerprint density at radius 3 is 2.78 bits per heavy atom. The van der Waals surface area contributed by atoms with Crippen LogP contribution in [0, 0.1) is 5.82 Å². The van der Waals surface area contributed by atoms with E-state index in [1.54, 1.807) is 6.20 Å². The Kier molecular flexibility index (Phi) is 6.74. The zero-order chi connectivity index (χ0) is 15.2. The second-order valence-corrected chi connectivity index (χ2v) is 5.71. The zero-order valence-electron chi connectivity index (χ0n) is 13.0. The molecule has 1 aliphatic rings. The summed E-state index contributed by atoms with van der Waals surface area (Å²) in [5.41, 5.74) is 2.45. The van der Waals surface area contributed by atoms with Gasteiger partial charge in [0.15, 0.2) is 0 Å². The molecule has 1 N–H and O–H groups in total. The van der Waals surface area contributed by atoms with Crippen LogP contribution in [0.3, 0.4) is 0 Å². The molecular formula is C17H22ClFN4. The van der Waals surface area contributed by atoms with E-state index < -0.39 is 0 Å². The first-order valence-electron chi connectivity index (χ1n) is 7.84. The normalized spacial score (nSPS) is 17.4. The average molecular weight is 337 g/mol. The van der Waals surface area contributed by atoms with Crippen molar-refractivity contribution >= 4 is 18.0 Å². The lowest BCUT2D eigenvalue weighted by molar-refractivity contribution is 0.453. The van der Waals surface area contributed by atoms with Crippen LogP contribution < -0.4 is 5.32 Å². The summed E-state index contributed by atoms with van der Waals surface area (Å²) in [6, 6.07) is 7.31. The molecule has 1 aliphatic heterocycles. The summed E-state index contributed by atoms with van der Waals surface area (Å²) in [4.78, 5) is 0. The molecule has 2 heterocycles. The Morgan fingerprint density at radius 1 is 1.22 bits per heavy atom. The molecule has 1 aromatic heterocycles. The van der Waals surface area contributed by atoms with Gasteiger partial charge in [0.05, 0.1) is 6.20 Å². The maximum absolute atomic E-state index is 13.0. The van der Waals surface area contributed by atoms with Crippen LogP contribution in [0.5, 0.6) is 0 Å². The molecule has 0 amide bonds. The monoisotopic (exact) mass is 336 g/mol. The van der Waals surface area contributed by atoms with E-state index in [0.717, 1.165) is 44.3 Å². The summed E-state index contributed by atoms with van der Waals surface area (Å²) in [6.07, 6.45) is 10.2. The SMILES string of the molecule is Cl.Fc1ccc(C2=CCNC(CCCCn3ccnn3)C2)cc1. The lowest BCUT2D eigenvalue weighted by atomic mass is 9.93. The van der Waals surface area contributed by atoms with E-state index in [1.165, 1.54) is 17.7 Å². The van der Waals surface area contributed by atoms with Crippen LogP contribution >= 0.6 is 12.4 Å². The average Bonchev–Trinajstić information content (AvgIpc) is 3.06. The highest BCUT2D eigenvalue weighted by Crippen LogP contribution is 2.24. The lowest BCUT2D eigenvalue weighted by Gasteiger charge is -2.24. The number of halogens is 2. The summed E-state index contributed by atoms with van der Waals surface area (Å²) in [5, 5.41) is 11.3. The van der Waals surface area contributed by atoms with Crippen LogP contribution in [0.2, 0.25) is 0 Å². The number of hydrogen-bond acceptors (Lipinski definition) is 3. The van der Waals surface area contributed by atoms with E-state index in [9.17, 15) is 4.39 Å². The second kappa shape index (κ2) is 8.79. The van der Waals surface area contributed by atoms with Crippen LogP contribution in [0.15, 0.2) is 42.7 Å². The van der Waals surface area contributed by atoms with Crippen molar-refractivity contribution in [3.05, 3.63) is 54.1 Å². The predicted molar refractivity (Wildman–Crippen MR) is 91.9 cm³/mol. The topological polar surface area (TPSA) is 42.7 Å². The fourth-order valence-corrected chi connectivity index (χ4v) is 2.89. The molecule has 1 atom stereocenters. The molecule has 0 spiro atoms. The summed E-state index contributed by atoms with van der Waals surface area (Å²) in [6.45, 7) is 1.81. The first-order valence-corrected chi connectivity index (χ1v) is 7.84. The van der Waals surface area contributed by atoms with E-state index in [4.69, 9.17) is 0 Å². The number of aromatic nitrogens is 3. The van der Waals surface area contributed by atoms with Crippen LogP contribution in [-0.4, -0.2) is 27.6 Å². The largest absolute Gasteiger partial charge is 0.310 e. The van der Waals surface area contributed by atoms with Gasteiger partial charge in [-0.1, -0.05) is 29.8 Å². The number of aryl methyl sites for hydroxylation is 1. The molecule has 124 valence electrons. The third-order valence-corrected chi connectivity index (χ3v) is 4.10. The van der Waals surface area contributed by atoms with E-state index in [1.807, 2.05) is 23.0 Å². The van der Waals surface area contributed by atoms with Crippen molar-refractivity contribution < 1.29 is 4.39 Å². The van der Waals surface area contributed by atoms with Gasteiger partial charge in [-0.05, 0) is 42.5 Å². The molecule has 0 bridgehead atoms. The van der Waals surface area contributed by atoms with Crippen molar-refractivity contribution in [2.24, 2.45) is 0 Å². The molecule has 1 unspecified atom stereocenters. The van der Waals surface area contributed by atoms with Crippen molar-refractivity contribution in [3.8, 4) is 0 Å². The summed E-state index contributed by atoms with van der Waals surface area (Å²) >= 11 is 0. The number of rotatable bonds is 6. The quantitative estimate of drug-likeness (QED) is 0.821. The van der Waals surface area contributed by atoms with Gasteiger partial charge < -0.3 is 5.32 Å². The van der Waals surface area contributed by atoms with Crippen LogP contribution in [0.4, 0.5) is 4.39 Å². The van der Waals surface area contributed by atoms with Gasteiger partial charge in [0, 0.05) is 25.3 Å². The molecule has 4 nitrogen and oxygen atoms in total. The molecule has 0 fully saturated rings. The van der Waals surface area contributed by atoms with Gasteiger partial charge in [0.25, 0.3) is 0 Å². The van der Waals surface area contributed by atoms with Gasteiger partial charge in [0.2, 0.25) is 0 Å². The Morgan fingerprint density at radius 2 is 2.04 bits per heavy atom. The second-order valence-electron chi connectivity index (χ2n) is 5.71. The zero-order valence-corrected chi connectivity index (χ0v) is 13.8. The highest BCUT2D eigenvalue weighted by Gasteiger charge is 2.15. The van der Waals surface area contributed by atoms with Crippen molar-refractivity contribution in [1.29, 1.82) is 0 Å². The molecule has 2 aromatic rings. The molecule has 0 saturated heterocycles. The molecule has 0 radical (unpaired) electrons. The van der Waals surface area contributed by atoms with Crippen molar-refractivity contribution in [2.45, 2.75) is 38.3 Å². The van der Waals surface area contributed by atoms with Gasteiger partial charge in [-0.15, -0.1) is 17.5 Å². The van der Waals surface area contributed by atoms with Crippen molar-refractivity contribution in [1.82, 2.24) is 20.3 Å². The van der Waals surface area contributed by atoms with E-state index in [-0.39, 0.29) is 18.2 Å². The number of unbranched alkanes of at least 4 members (excludes halogenated alkanes) is 1. The van der Waals surface area contributed by atoms with E-state index >= 15 is 0 Å². The highest BCUT2D eigenvalue weighted by atomic mass is 35.5. The molecule has 3 rings (SSSR count). The maximum atomic E-state index is 13.0. The summed E-state index contributed by atoms with van der Waals surface area (Å²) < 4.78 is 14.9. The Bertz CT molecular complexity index is 610. The van der Waals surface area contributed by atoms with Crippen LogP contribution in [-0.2, 0) is 6.54 Å². The molecule has 0 aliphatic carbocycles. The minimum atomic E-state index is -0.178. The van der Waals surface area contributed by atoms with Gasteiger partial charge >= 0.3 is 0 Å². The molecule has 23 heavy (non-hydrogen) atoms. The molecular weight excluding hydrogens is 315 g/mol. The lowest BCUT2D eigenvalue weighted by Crippen LogP contribution is -2.32. The van der Waals surface area contributed by atoms with Crippen LogP contribution in [0.1, 0.15) is 31.2 Å². The third kappa shape index (κ3) is 5.15. The number of hydrogen-bond donors (Lipinski definition) is 1. The van der Waals surface area contributed by atoms with Crippen LogP contribution in [0.25, 0.3) is 5.57 Å². The van der Waals surface area contributed by atoms with Gasteiger partial charge in [0.1, 0.15) is 5.82 Å². The molecule has 0 saturated carbocycles. The number of nitrogens with one attached hydrogen (secondary N) is 1. The fourth-order valence-electron chi connectivity index (χ4n) is 2.89. The minimum Gasteiger partial charge on any atom is -0.310 e. The summed E-state index contributed by atoms with van der Waals surface area (Å²) in [7, 11) is 0. The molecule has 1 aromatic carbocycles. The smallest absolute Gasteiger partial charge is 0.123 e. The first kappa shape index (κ1) is 17.6. The van der Waals surface area contributed by atoms with Crippen molar-refractivity contribution in [3.63, 3.8) is 0 Å². The summed E-state index contributed by atoms with van der Waals surface area (Å²) in [5.74, 6) is -0.178. The maximum Gasteiger partial charge on any atom is 0.123 e. The highest BCUT2D eigenvalue weighted by molar-refractivity contribution is 5.85. The Labute approximate surface area is 142 Å². The van der Waals surface area contributed by atoms with Gasteiger partial charge in [-0.3, -0.25) is 4.68 Å². The minimum absolute atomic E-state index is 0. The Hall–Kier alpha value is -1.72. The molecule has 6 heteroatoms. The Balaban J connectivity index is 0.00000192.